The Labute approximate surface area is 106 Å². The lowest BCUT2D eigenvalue weighted by molar-refractivity contribution is 0.0762. The fourth-order valence-electron chi connectivity index (χ4n) is 2.27. The summed E-state index contributed by atoms with van der Waals surface area (Å²) in [6.07, 6.45) is 4.85. The number of halogens is 1. The predicted octanol–water partition coefficient (Wildman–Crippen LogP) is 1.62. The van der Waals surface area contributed by atoms with Crippen LogP contribution in [0.15, 0.2) is 6.20 Å². The SMILES string of the molecule is CNc1ncc(F)c(NCC2CCCCC2O)n1. The summed E-state index contributed by atoms with van der Waals surface area (Å²) in [4.78, 5) is 7.79. The zero-order valence-corrected chi connectivity index (χ0v) is 10.5. The highest BCUT2D eigenvalue weighted by atomic mass is 19.1. The van der Waals surface area contributed by atoms with Crippen LogP contribution < -0.4 is 10.6 Å². The van der Waals surface area contributed by atoms with Crippen LogP contribution in [0, 0.1) is 11.7 Å². The van der Waals surface area contributed by atoms with Gasteiger partial charge in [0.2, 0.25) is 5.95 Å². The van der Waals surface area contributed by atoms with Crippen molar-refractivity contribution in [3.63, 3.8) is 0 Å². The van der Waals surface area contributed by atoms with Gasteiger partial charge in [-0.05, 0) is 12.8 Å². The lowest BCUT2D eigenvalue weighted by atomic mass is 9.86. The van der Waals surface area contributed by atoms with E-state index in [2.05, 4.69) is 20.6 Å². The third-order valence-corrected chi connectivity index (χ3v) is 3.37. The molecular formula is C12H19FN4O. The summed E-state index contributed by atoms with van der Waals surface area (Å²) in [5.41, 5.74) is 0. The fourth-order valence-corrected chi connectivity index (χ4v) is 2.27. The van der Waals surface area contributed by atoms with E-state index in [1.807, 2.05) is 0 Å². The molecule has 1 aliphatic rings. The highest BCUT2D eigenvalue weighted by molar-refractivity contribution is 5.40. The maximum absolute atomic E-state index is 13.5. The molecule has 0 aliphatic heterocycles. The van der Waals surface area contributed by atoms with Crippen molar-refractivity contribution in [1.29, 1.82) is 0 Å². The molecule has 1 aromatic rings. The fraction of sp³-hybridized carbons (Fsp3) is 0.667. The van der Waals surface area contributed by atoms with E-state index in [0.717, 1.165) is 31.9 Å². The number of aliphatic hydroxyl groups excluding tert-OH is 1. The third kappa shape index (κ3) is 3.07. The monoisotopic (exact) mass is 254 g/mol. The molecule has 6 heteroatoms. The number of nitrogens with one attached hydrogen (secondary N) is 2. The largest absolute Gasteiger partial charge is 0.393 e. The molecule has 1 saturated carbocycles. The molecule has 1 aliphatic carbocycles. The molecule has 2 unspecified atom stereocenters. The summed E-state index contributed by atoms with van der Waals surface area (Å²) in [6.45, 7) is 0.540. The minimum Gasteiger partial charge on any atom is -0.393 e. The summed E-state index contributed by atoms with van der Waals surface area (Å²) in [7, 11) is 1.68. The average molecular weight is 254 g/mol. The molecule has 18 heavy (non-hydrogen) atoms. The Bertz CT molecular complexity index is 402. The van der Waals surface area contributed by atoms with E-state index < -0.39 is 5.82 Å². The second-order valence-electron chi connectivity index (χ2n) is 4.63. The quantitative estimate of drug-likeness (QED) is 0.761. The lowest BCUT2D eigenvalue weighted by Gasteiger charge is -2.27. The highest BCUT2D eigenvalue weighted by Crippen LogP contribution is 2.24. The zero-order chi connectivity index (χ0) is 13.0. The van der Waals surface area contributed by atoms with Crippen LogP contribution in [-0.2, 0) is 0 Å². The van der Waals surface area contributed by atoms with E-state index in [-0.39, 0.29) is 17.8 Å². The van der Waals surface area contributed by atoms with Crippen LogP contribution in [0.25, 0.3) is 0 Å². The van der Waals surface area contributed by atoms with Gasteiger partial charge in [0.05, 0.1) is 12.3 Å². The van der Waals surface area contributed by atoms with Gasteiger partial charge in [0.15, 0.2) is 11.6 Å². The van der Waals surface area contributed by atoms with Crippen LogP contribution in [0.1, 0.15) is 25.7 Å². The Hall–Kier alpha value is -1.43. The number of anilines is 2. The molecule has 0 spiro atoms. The summed E-state index contributed by atoms with van der Waals surface area (Å²) < 4.78 is 13.5. The van der Waals surface area contributed by atoms with Crippen LogP contribution >= 0.6 is 0 Å². The van der Waals surface area contributed by atoms with Gasteiger partial charge in [-0.1, -0.05) is 12.8 Å². The van der Waals surface area contributed by atoms with Gasteiger partial charge >= 0.3 is 0 Å². The van der Waals surface area contributed by atoms with Crippen molar-refractivity contribution in [3.05, 3.63) is 12.0 Å². The molecule has 5 nitrogen and oxygen atoms in total. The number of aromatic nitrogens is 2. The smallest absolute Gasteiger partial charge is 0.224 e. The summed E-state index contributed by atoms with van der Waals surface area (Å²) in [5, 5.41) is 15.6. The summed E-state index contributed by atoms with van der Waals surface area (Å²) in [5.74, 6) is 0.265. The normalized spacial score (nSPS) is 23.7. The molecule has 0 saturated heterocycles. The van der Waals surface area contributed by atoms with Crippen molar-refractivity contribution < 1.29 is 9.50 Å². The van der Waals surface area contributed by atoms with E-state index in [0.29, 0.717) is 12.5 Å². The minimum atomic E-state index is -0.473. The molecule has 2 rings (SSSR count). The number of hydrogen-bond donors (Lipinski definition) is 3. The van der Waals surface area contributed by atoms with E-state index in [1.54, 1.807) is 7.05 Å². The molecule has 2 atom stereocenters. The van der Waals surface area contributed by atoms with Gasteiger partial charge in [-0.15, -0.1) is 0 Å². The molecular weight excluding hydrogens is 235 g/mol. The highest BCUT2D eigenvalue weighted by Gasteiger charge is 2.23. The van der Waals surface area contributed by atoms with Crippen LogP contribution in [0.3, 0.4) is 0 Å². The van der Waals surface area contributed by atoms with Gasteiger partial charge in [-0.2, -0.15) is 4.98 Å². The van der Waals surface area contributed by atoms with Crippen molar-refractivity contribution >= 4 is 11.8 Å². The van der Waals surface area contributed by atoms with Crippen molar-refractivity contribution in [2.75, 3.05) is 24.2 Å². The molecule has 1 fully saturated rings. The molecule has 3 N–H and O–H groups in total. The predicted molar refractivity (Wildman–Crippen MR) is 68.0 cm³/mol. The molecule has 1 heterocycles. The average Bonchev–Trinajstić information content (AvgIpc) is 2.39. The molecule has 100 valence electrons. The Kier molecular flexibility index (Phi) is 4.30. The van der Waals surface area contributed by atoms with Gasteiger partial charge in [0.1, 0.15) is 0 Å². The lowest BCUT2D eigenvalue weighted by Crippen LogP contribution is -2.30. The van der Waals surface area contributed by atoms with Gasteiger partial charge in [-0.25, -0.2) is 9.37 Å². The van der Waals surface area contributed by atoms with Crippen molar-refractivity contribution in [3.8, 4) is 0 Å². The van der Waals surface area contributed by atoms with Crippen molar-refractivity contribution in [1.82, 2.24) is 9.97 Å². The minimum absolute atomic E-state index is 0.172. The van der Waals surface area contributed by atoms with Crippen LogP contribution in [0.4, 0.5) is 16.2 Å². The van der Waals surface area contributed by atoms with E-state index >= 15 is 0 Å². The second kappa shape index (κ2) is 5.95. The van der Waals surface area contributed by atoms with E-state index in [1.165, 1.54) is 0 Å². The second-order valence-corrected chi connectivity index (χ2v) is 4.63. The first-order valence-electron chi connectivity index (χ1n) is 6.33. The van der Waals surface area contributed by atoms with E-state index in [9.17, 15) is 9.50 Å². The van der Waals surface area contributed by atoms with Crippen molar-refractivity contribution in [2.45, 2.75) is 31.8 Å². The standard InChI is InChI=1S/C12H19FN4O/c1-14-12-16-7-9(13)11(17-12)15-6-8-4-2-3-5-10(8)18/h7-8,10,18H,2-6H2,1H3,(H2,14,15,16,17). The zero-order valence-electron chi connectivity index (χ0n) is 10.5. The van der Waals surface area contributed by atoms with Gasteiger partial charge < -0.3 is 15.7 Å². The molecule has 1 aromatic heterocycles. The first-order chi connectivity index (χ1) is 8.70. The maximum Gasteiger partial charge on any atom is 0.224 e. The molecule has 0 amide bonds. The maximum atomic E-state index is 13.5. The van der Waals surface area contributed by atoms with Crippen LogP contribution in [0.2, 0.25) is 0 Å². The number of nitrogens with zero attached hydrogens (tertiary/aromatic N) is 2. The number of aliphatic hydroxyl groups is 1. The molecule has 0 bridgehead atoms. The Morgan fingerprint density at radius 1 is 1.44 bits per heavy atom. The van der Waals surface area contributed by atoms with Gasteiger partial charge in [0.25, 0.3) is 0 Å². The number of hydrogen-bond acceptors (Lipinski definition) is 5. The van der Waals surface area contributed by atoms with Crippen LogP contribution in [0.5, 0.6) is 0 Å². The topological polar surface area (TPSA) is 70.1 Å². The summed E-state index contributed by atoms with van der Waals surface area (Å²) >= 11 is 0. The summed E-state index contributed by atoms with van der Waals surface area (Å²) in [6, 6.07) is 0. The number of rotatable bonds is 4. The molecule has 0 radical (unpaired) electrons. The Morgan fingerprint density at radius 3 is 2.94 bits per heavy atom. The molecule has 0 aromatic carbocycles. The van der Waals surface area contributed by atoms with Crippen molar-refractivity contribution in [2.24, 2.45) is 5.92 Å². The first-order valence-corrected chi connectivity index (χ1v) is 6.33. The van der Waals surface area contributed by atoms with E-state index in [4.69, 9.17) is 0 Å². The first kappa shape index (κ1) is 13.0. The van der Waals surface area contributed by atoms with Gasteiger partial charge in [0, 0.05) is 19.5 Å². The third-order valence-electron chi connectivity index (χ3n) is 3.37. The van der Waals surface area contributed by atoms with Crippen LogP contribution in [-0.4, -0.2) is 34.8 Å². The Balaban J connectivity index is 1.96. The Morgan fingerprint density at radius 2 is 2.22 bits per heavy atom. The van der Waals surface area contributed by atoms with Gasteiger partial charge in [-0.3, -0.25) is 0 Å².